The van der Waals surface area contributed by atoms with Gasteiger partial charge in [-0.1, -0.05) is 36.4 Å². The monoisotopic (exact) mass is 338 g/mol. The summed E-state index contributed by atoms with van der Waals surface area (Å²) >= 11 is 0. The predicted octanol–water partition coefficient (Wildman–Crippen LogP) is 2.25. The van der Waals surface area contributed by atoms with E-state index in [4.69, 9.17) is 4.74 Å². The molecule has 1 saturated heterocycles. The summed E-state index contributed by atoms with van der Waals surface area (Å²) in [5, 5.41) is 0. The lowest BCUT2D eigenvalue weighted by Crippen LogP contribution is -2.31. The lowest BCUT2D eigenvalue weighted by atomic mass is 10.1. The first-order valence-corrected chi connectivity index (χ1v) is 8.13. The Balaban J connectivity index is 1.69. The van der Waals surface area contributed by atoms with Crippen LogP contribution >= 0.6 is 0 Å². The molecule has 1 unspecified atom stereocenters. The van der Waals surface area contributed by atoms with Crippen molar-refractivity contribution in [1.82, 2.24) is 9.88 Å². The van der Waals surface area contributed by atoms with Crippen molar-refractivity contribution in [3.05, 3.63) is 66.0 Å². The van der Waals surface area contributed by atoms with E-state index in [0.717, 1.165) is 10.5 Å². The molecule has 128 valence electrons. The fourth-order valence-electron chi connectivity index (χ4n) is 2.72. The van der Waals surface area contributed by atoms with Gasteiger partial charge in [0, 0.05) is 25.6 Å². The van der Waals surface area contributed by atoms with Crippen molar-refractivity contribution in [2.75, 3.05) is 6.54 Å². The van der Waals surface area contributed by atoms with E-state index in [1.54, 1.807) is 18.3 Å². The first-order chi connectivity index (χ1) is 12.1. The maximum atomic E-state index is 12.3. The standard InChI is InChI=1S/C19H18N2O4/c22-16-9-10-17(23)21(16)13-11-18(24)25-19(14-6-2-1-3-7-14)15-8-4-5-12-20-15/h1-8,12,19H,9-11,13H2. The van der Waals surface area contributed by atoms with Crippen LogP contribution in [0.5, 0.6) is 0 Å². The highest BCUT2D eigenvalue weighted by atomic mass is 16.5. The Morgan fingerprint density at radius 1 is 1.04 bits per heavy atom. The summed E-state index contributed by atoms with van der Waals surface area (Å²) < 4.78 is 5.60. The molecule has 0 saturated carbocycles. The number of hydrogen-bond acceptors (Lipinski definition) is 5. The Kier molecular flexibility index (Phi) is 5.18. The van der Waals surface area contributed by atoms with Gasteiger partial charge in [0.2, 0.25) is 11.8 Å². The van der Waals surface area contributed by atoms with Crippen molar-refractivity contribution >= 4 is 17.8 Å². The number of esters is 1. The van der Waals surface area contributed by atoms with Gasteiger partial charge in [-0.15, -0.1) is 0 Å². The summed E-state index contributed by atoms with van der Waals surface area (Å²) in [4.78, 5) is 40.9. The van der Waals surface area contributed by atoms with E-state index in [2.05, 4.69) is 4.98 Å². The van der Waals surface area contributed by atoms with Crippen molar-refractivity contribution < 1.29 is 19.1 Å². The highest BCUT2D eigenvalue weighted by Crippen LogP contribution is 2.25. The Hall–Kier alpha value is -3.02. The molecule has 2 heterocycles. The maximum absolute atomic E-state index is 12.3. The Bertz CT molecular complexity index is 706. The smallest absolute Gasteiger partial charge is 0.308 e. The summed E-state index contributed by atoms with van der Waals surface area (Å²) in [6, 6.07) is 14.7. The SMILES string of the molecule is O=C(CCN1C(=O)CCC1=O)OC(c1ccccc1)c1ccccn1. The fraction of sp³-hybridized carbons (Fsp3) is 0.263. The van der Waals surface area contributed by atoms with Crippen LogP contribution in [0.3, 0.4) is 0 Å². The van der Waals surface area contributed by atoms with Gasteiger partial charge in [0.25, 0.3) is 0 Å². The third-order valence-electron chi connectivity index (χ3n) is 4.00. The molecule has 2 aromatic rings. The molecule has 1 aromatic heterocycles. The van der Waals surface area contributed by atoms with E-state index in [1.807, 2.05) is 36.4 Å². The third-order valence-corrected chi connectivity index (χ3v) is 4.00. The van der Waals surface area contributed by atoms with Crippen LogP contribution in [-0.2, 0) is 19.1 Å². The van der Waals surface area contributed by atoms with Crippen LogP contribution in [0.1, 0.15) is 36.6 Å². The topological polar surface area (TPSA) is 76.6 Å². The van der Waals surface area contributed by atoms with Crippen molar-refractivity contribution in [3.8, 4) is 0 Å². The molecule has 0 bridgehead atoms. The molecular weight excluding hydrogens is 320 g/mol. The molecule has 25 heavy (non-hydrogen) atoms. The normalized spacial score (nSPS) is 15.3. The molecule has 6 heteroatoms. The molecule has 0 aliphatic carbocycles. The predicted molar refractivity (Wildman–Crippen MR) is 89.2 cm³/mol. The first-order valence-electron chi connectivity index (χ1n) is 8.13. The number of rotatable bonds is 6. The number of hydrogen-bond donors (Lipinski definition) is 0. The Morgan fingerprint density at radius 2 is 1.72 bits per heavy atom. The van der Waals surface area contributed by atoms with E-state index < -0.39 is 12.1 Å². The molecule has 1 atom stereocenters. The molecular formula is C19H18N2O4. The van der Waals surface area contributed by atoms with Gasteiger partial charge < -0.3 is 4.74 Å². The average Bonchev–Trinajstić information content (AvgIpc) is 2.97. The van der Waals surface area contributed by atoms with Crippen molar-refractivity contribution in [2.24, 2.45) is 0 Å². The second-order valence-corrected chi connectivity index (χ2v) is 5.72. The van der Waals surface area contributed by atoms with Crippen LogP contribution < -0.4 is 0 Å². The molecule has 1 aliphatic heterocycles. The van der Waals surface area contributed by atoms with Gasteiger partial charge in [0.05, 0.1) is 12.1 Å². The number of ether oxygens (including phenoxy) is 1. The molecule has 1 aliphatic rings. The van der Waals surface area contributed by atoms with Crippen molar-refractivity contribution in [2.45, 2.75) is 25.4 Å². The van der Waals surface area contributed by atoms with Crippen molar-refractivity contribution in [1.29, 1.82) is 0 Å². The number of nitrogens with zero attached hydrogens (tertiary/aromatic N) is 2. The zero-order valence-electron chi connectivity index (χ0n) is 13.6. The number of aromatic nitrogens is 1. The zero-order chi connectivity index (χ0) is 17.6. The third kappa shape index (κ3) is 4.09. The Morgan fingerprint density at radius 3 is 2.36 bits per heavy atom. The molecule has 1 aromatic carbocycles. The van der Waals surface area contributed by atoms with Crippen LogP contribution in [0.4, 0.5) is 0 Å². The summed E-state index contributed by atoms with van der Waals surface area (Å²) in [5.74, 6) is -0.948. The highest BCUT2D eigenvalue weighted by molar-refractivity contribution is 6.02. The van der Waals surface area contributed by atoms with Crippen LogP contribution in [0, 0.1) is 0 Å². The lowest BCUT2D eigenvalue weighted by molar-refractivity contribution is -0.148. The molecule has 6 nitrogen and oxygen atoms in total. The van der Waals surface area contributed by atoms with Crippen LogP contribution in [0.15, 0.2) is 54.7 Å². The van der Waals surface area contributed by atoms with E-state index in [9.17, 15) is 14.4 Å². The van der Waals surface area contributed by atoms with Gasteiger partial charge in [-0.05, 0) is 17.7 Å². The van der Waals surface area contributed by atoms with E-state index >= 15 is 0 Å². The van der Waals surface area contributed by atoms with Gasteiger partial charge in [0.1, 0.15) is 0 Å². The van der Waals surface area contributed by atoms with E-state index in [1.165, 1.54) is 0 Å². The number of likely N-dealkylation sites (tertiary alicyclic amines) is 1. The van der Waals surface area contributed by atoms with Crippen LogP contribution in [-0.4, -0.2) is 34.2 Å². The van der Waals surface area contributed by atoms with Gasteiger partial charge in [-0.2, -0.15) is 0 Å². The molecule has 0 radical (unpaired) electrons. The molecule has 0 spiro atoms. The number of pyridine rings is 1. The minimum absolute atomic E-state index is 0.0341. The summed E-state index contributed by atoms with van der Waals surface area (Å²) in [7, 11) is 0. The maximum Gasteiger partial charge on any atom is 0.308 e. The minimum Gasteiger partial charge on any atom is -0.451 e. The fourth-order valence-corrected chi connectivity index (χ4v) is 2.72. The first kappa shape index (κ1) is 16.8. The van der Waals surface area contributed by atoms with Gasteiger partial charge in [-0.25, -0.2) is 0 Å². The van der Waals surface area contributed by atoms with E-state index in [0.29, 0.717) is 5.69 Å². The lowest BCUT2D eigenvalue weighted by Gasteiger charge is -2.19. The largest absolute Gasteiger partial charge is 0.451 e. The number of carbonyl (C=O) groups is 3. The minimum atomic E-state index is -0.625. The second kappa shape index (κ2) is 7.70. The quantitative estimate of drug-likeness (QED) is 0.596. The van der Waals surface area contributed by atoms with Gasteiger partial charge >= 0.3 is 5.97 Å². The molecule has 1 fully saturated rings. The number of imide groups is 1. The van der Waals surface area contributed by atoms with E-state index in [-0.39, 0.29) is 37.6 Å². The Labute approximate surface area is 145 Å². The number of amides is 2. The summed E-state index contributed by atoms with van der Waals surface area (Å²) in [5.41, 5.74) is 1.43. The molecule has 3 rings (SSSR count). The van der Waals surface area contributed by atoms with Gasteiger partial charge in [-0.3, -0.25) is 24.3 Å². The summed E-state index contributed by atoms with van der Waals surface area (Å²) in [6.07, 6.45) is 1.41. The molecule has 0 N–H and O–H groups in total. The zero-order valence-corrected chi connectivity index (χ0v) is 13.6. The van der Waals surface area contributed by atoms with Crippen LogP contribution in [0.25, 0.3) is 0 Å². The van der Waals surface area contributed by atoms with Gasteiger partial charge in [0.15, 0.2) is 6.10 Å². The second-order valence-electron chi connectivity index (χ2n) is 5.72. The average molecular weight is 338 g/mol. The van der Waals surface area contributed by atoms with Crippen molar-refractivity contribution in [3.63, 3.8) is 0 Å². The number of benzene rings is 1. The highest BCUT2D eigenvalue weighted by Gasteiger charge is 2.29. The summed E-state index contributed by atoms with van der Waals surface area (Å²) in [6.45, 7) is 0.0558. The number of carbonyl (C=O) groups excluding carboxylic acids is 3. The van der Waals surface area contributed by atoms with Crippen LogP contribution in [0.2, 0.25) is 0 Å². The molecule has 2 amide bonds.